The predicted octanol–water partition coefficient (Wildman–Crippen LogP) is 2.43. The summed E-state index contributed by atoms with van der Waals surface area (Å²) >= 11 is 6.15. The molecule has 0 aliphatic heterocycles. The minimum atomic E-state index is -0.189. The summed E-state index contributed by atoms with van der Waals surface area (Å²) in [5.74, 6) is 0.638. The first kappa shape index (κ1) is 11.0. The van der Waals surface area contributed by atoms with Crippen molar-refractivity contribution in [3.05, 3.63) is 16.9 Å². The number of aliphatic hydroxyl groups is 1. The average Bonchev–Trinajstić information content (AvgIpc) is 2.73. The molecule has 0 aromatic carbocycles. The van der Waals surface area contributed by atoms with Crippen LogP contribution in [-0.2, 0) is 6.54 Å². The first-order valence-electron chi connectivity index (χ1n) is 5.54. The summed E-state index contributed by atoms with van der Waals surface area (Å²) in [6.07, 6.45) is 3.40. The van der Waals surface area contributed by atoms with Crippen molar-refractivity contribution in [3.63, 3.8) is 0 Å². The third kappa shape index (κ3) is 1.79. The van der Waals surface area contributed by atoms with Crippen LogP contribution >= 0.6 is 11.6 Å². The maximum absolute atomic E-state index is 9.75. The van der Waals surface area contributed by atoms with Gasteiger partial charge < -0.3 is 5.11 Å². The van der Waals surface area contributed by atoms with Gasteiger partial charge in [-0.25, -0.2) is 0 Å². The van der Waals surface area contributed by atoms with Gasteiger partial charge in [0.15, 0.2) is 0 Å². The van der Waals surface area contributed by atoms with Crippen LogP contribution in [-0.4, -0.2) is 21.0 Å². The van der Waals surface area contributed by atoms with E-state index < -0.39 is 0 Å². The second-order valence-corrected chi connectivity index (χ2v) is 4.71. The third-order valence-corrected chi connectivity index (χ3v) is 3.79. The molecular formula is C11H17ClN2O. The number of halogens is 1. The number of aromatic nitrogens is 2. The highest BCUT2D eigenvalue weighted by Gasteiger charge is 2.35. The van der Waals surface area contributed by atoms with Gasteiger partial charge >= 0.3 is 0 Å². The van der Waals surface area contributed by atoms with Crippen LogP contribution in [0.3, 0.4) is 0 Å². The van der Waals surface area contributed by atoms with Gasteiger partial charge in [-0.15, -0.1) is 0 Å². The van der Waals surface area contributed by atoms with Crippen LogP contribution in [0.15, 0.2) is 6.20 Å². The fourth-order valence-electron chi connectivity index (χ4n) is 2.52. The maximum Gasteiger partial charge on any atom is 0.0820 e. The second-order valence-electron chi connectivity index (χ2n) is 4.30. The number of aryl methyl sites for hydroxylation is 1. The molecule has 0 radical (unpaired) electrons. The Bertz CT molecular complexity index is 350. The van der Waals surface area contributed by atoms with E-state index in [-0.39, 0.29) is 12.0 Å². The van der Waals surface area contributed by atoms with E-state index in [0.717, 1.165) is 30.1 Å². The van der Waals surface area contributed by atoms with E-state index >= 15 is 0 Å². The standard InChI is InChI=1S/C11H17ClN2O/c1-3-14-11(9(12)6-13-14)8-4-5-10(15)7(8)2/h6-8,10,15H,3-5H2,1-2H3. The van der Waals surface area contributed by atoms with Crippen LogP contribution in [0.5, 0.6) is 0 Å². The monoisotopic (exact) mass is 228 g/mol. The lowest BCUT2D eigenvalue weighted by molar-refractivity contribution is 0.136. The molecule has 3 atom stereocenters. The Labute approximate surface area is 95.0 Å². The molecule has 1 N–H and O–H groups in total. The zero-order chi connectivity index (χ0) is 11.0. The molecule has 1 aromatic rings. The molecule has 15 heavy (non-hydrogen) atoms. The quantitative estimate of drug-likeness (QED) is 0.845. The topological polar surface area (TPSA) is 38.0 Å². The Kier molecular flexibility index (Phi) is 3.03. The number of aliphatic hydroxyl groups excluding tert-OH is 1. The second kappa shape index (κ2) is 4.14. The van der Waals surface area contributed by atoms with Crippen LogP contribution in [0.4, 0.5) is 0 Å². The molecule has 1 aliphatic rings. The smallest absolute Gasteiger partial charge is 0.0820 e. The van der Waals surface area contributed by atoms with E-state index in [4.69, 9.17) is 11.6 Å². The molecule has 84 valence electrons. The number of hydrogen-bond donors (Lipinski definition) is 1. The Morgan fingerprint density at radius 2 is 2.33 bits per heavy atom. The predicted molar refractivity (Wildman–Crippen MR) is 60.1 cm³/mol. The molecule has 1 fully saturated rings. The van der Waals surface area contributed by atoms with Crippen LogP contribution in [0.25, 0.3) is 0 Å². The molecule has 0 saturated heterocycles. The number of nitrogens with zero attached hydrogens (tertiary/aromatic N) is 2. The summed E-state index contributed by atoms with van der Waals surface area (Å²) in [6.45, 7) is 4.98. The van der Waals surface area contributed by atoms with Gasteiger partial charge in [0.05, 0.1) is 23.0 Å². The normalized spacial score (nSPS) is 31.1. The van der Waals surface area contributed by atoms with E-state index in [2.05, 4.69) is 18.9 Å². The van der Waals surface area contributed by atoms with Crippen molar-refractivity contribution >= 4 is 11.6 Å². The van der Waals surface area contributed by atoms with Gasteiger partial charge in [0.2, 0.25) is 0 Å². The summed E-state index contributed by atoms with van der Waals surface area (Å²) in [4.78, 5) is 0. The summed E-state index contributed by atoms with van der Waals surface area (Å²) < 4.78 is 1.95. The Balaban J connectivity index is 2.32. The molecule has 0 amide bonds. The van der Waals surface area contributed by atoms with Crippen molar-refractivity contribution < 1.29 is 5.11 Å². The van der Waals surface area contributed by atoms with Crippen molar-refractivity contribution in [2.45, 2.75) is 45.3 Å². The zero-order valence-electron chi connectivity index (χ0n) is 9.15. The minimum Gasteiger partial charge on any atom is -0.393 e. The van der Waals surface area contributed by atoms with E-state index in [0.29, 0.717) is 5.92 Å². The fraction of sp³-hybridized carbons (Fsp3) is 0.727. The molecule has 1 saturated carbocycles. The van der Waals surface area contributed by atoms with Gasteiger partial charge in [0, 0.05) is 12.5 Å². The molecule has 1 aliphatic carbocycles. The van der Waals surface area contributed by atoms with E-state index in [9.17, 15) is 5.11 Å². The van der Waals surface area contributed by atoms with Crippen LogP contribution in [0.2, 0.25) is 5.02 Å². The van der Waals surface area contributed by atoms with Crippen molar-refractivity contribution in [1.29, 1.82) is 0 Å². The van der Waals surface area contributed by atoms with Crippen molar-refractivity contribution in [2.24, 2.45) is 5.92 Å². The molecule has 1 heterocycles. The first-order valence-corrected chi connectivity index (χ1v) is 5.92. The molecule has 2 rings (SSSR count). The van der Waals surface area contributed by atoms with Gasteiger partial charge in [-0.05, 0) is 25.7 Å². The summed E-state index contributed by atoms with van der Waals surface area (Å²) in [6, 6.07) is 0. The molecule has 3 nitrogen and oxygen atoms in total. The average molecular weight is 229 g/mol. The lowest BCUT2D eigenvalue weighted by atomic mass is 9.93. The largest absolute Gasteiger partial charge is 0.393 e. The molecule has 4 heteroatoms. The van der Waals surface area contributed by atoms with E-state index in [1.807, 2.05) is 4.68 Å². The maximum atomic E-state index is 9.75. The lowest BCUT2D eigenvalue weighted by Crippen LogP contribution is -2.17. The van der Waals surface area contributed by atoms with Gasteiger partial charge in [-0.3, -0.25) is 4.68 Å². The molecule has 0 bridgehead atoms. The van der Waals surface area contributed by atoms with Crippen LogP contribution < -0.4 is 0 Å². The van der Waals surface area contributed by atoms with E-state index in [1.165, 1.54) is 0 Å². The van der Waals surface area contributed by atoms with Crippen molar-refractivity contribution in [1.82, 2.24) is 9.78 Å². The molecule has 1 aromatic heterocycles. The van der Waals surface area contributed by atoms with Crippen LogP contribution in [0.1, 0.15) is 38.3 Å². The summed E-state index contributed by atoms with van der Waals surface area (Å²) in [5.41, 5.74) is 1.10. The summed E-state index contributed by atoms with van der Waals surface area (Å²) in [7, 11) is 0. The zero-order valence-corrected chi connectivity index (χ0v) is 9.91. The SMILES string of the molecule is CCn1ncc(Cl)c1C1CCC(O)C1C. The highest BCUT2D eigenvalue weighted by atomic mass is 35.5. The molecular weight excluding hydrogens is 212 g/mol. The Hall–Kier alpha value is -0.540. The van der Waals surface area contributed by atoms with Gasteiger partial charge in [0.1, 0.15) is 0 Å². The first-order chi connectivity index (χ1) is 7.15. The third-order valence-electron chi connectivity index (χ3n) is 3.50. The highest BCUT2D eigenvalue weighted by Crippen LogP contribution is 2.41. The molecule has 0 spiro atoms. The minimum absolute atomic E-state index is 0.189. The van der Waals surface area contributed by atoms with Gasteiger partial charge in [-0.1, -0.05) is 18.5 Å². The van der Waals surface area contributed by atoms with Gasteiger partial charge in [-0.2, -0.15) is 5.10 Å². The lowest BCUT2D eigenvalue weighted by Gasteiger charge is -2.19. The Morgan fingerprint density at radius 3 is 2.87 bits per heavy atom. The number of rotatable bonds is 2. The Morgan fingerprint density at radius 1 is 1.60 bits per heavy atom. The van der Waals surface area contributed by atoms with E-state index in [1.54, 1.807) is 6.20 Å². The fourth-order valence-corrected chi connectivity index (χ4v) is 2.80. The molecule has 3 unspecified atom stereocenters. The highest BCUT2D eigenvalue weighted by molar-refractivity contribution is 6.31. The van der Waals surface area contributed by atoms with Crippen molar-refractivity contribution in [3.8, 4) is 0 Å². The number of hydrogen-bond acceptors (Lipinski definition) is 2. The van der Waals surface area contributed by atoms with Crippen molar-refractivity contribution in [2.75, 3.05) is 0 Å². The van der Waals surface area contributed by atoms with Crippen LogP contribution in [0, 0.1) is 5.92 Å². The van der Waals surface area contributed by atoms with Gasteiger partial charge in [0.25, 0.3) is 0 Å². The summed E-state index contributed by atoms with van der Waals surface area (Å²) in [5, 5.41) is 14.7.